The second-order valence-corrected chi connectivity index (χ2v) is 11.6. The molecule has 1 aliphatic carbocycles. The molecule has 158 valence electrons. The molecule has 1 saturated carbocycles. The van der Waals surface area contributed by atoms with Crippen LogP contribution in [0.25, 0.3) is 0 Å². The molecule has 0 amide bonds. The van der Waals surface area contributed by atoms with E-state index >= 15 is 0 Å². The maximum atomic E-state index is 12.8. The van der Waals surface area contributed by atoms with Crippen LogP contribution in [0.1, 0.15) is 25.7 Å². The van der Waals surface area contributed by atoms with E-state index in [4.69, 9.17) is 11.6 Å². The first-order valence-corrected chi connectivity index (χ1v) is 13.2. The van der Waals surface area contributed by atoms with Crippen molar-refractivity contribution in [1.29, 1.82) is 0 Å². The van der Waals surface area contributed by atoms with Crippen molar-refractivity contribution in [3.05, 3.63) is 59.6 Å². The van der Waals surface area contributed by atoms with Gasteiger partial charge in [0.15, 0.2) is 4.34 Å². The Morgan fingerprint density at radius 2 is 1.73 bits per heavy atom. The number of anilines is 2. The first-order chi connectivity index (χ1) is 14.5. The maximum absolute atomic E-state index is 12.8. The van der Waals surface area contributed by atoms with Gasteiger partial charge in [0, 0.05) is 22.0 Å². The largest absolute Gasteiger partial charge is 0.330 e. The number of nitrogens with one attached hydrogen (secondary N) is 2. The molecule has 2 atom stereocenters. The average molecular weight is 481 g/mol. The van der Waals surface area contributed by atoms with Crippen LogP contribution in [-0.4, -0.2) is 29.9 Å². The van der Waals surface area contributed by atoms with Crippen LogP contribution in [-0.2, 0) is 10.0 Å². The second-order valence-electron chi connectivity index (χ2n) is 6.99. The zero-order valence-electron chi connectivity index (χ0n) is 16.0. The fraction of sp³-hybridized carbons (Fsp3) is 0.300. The van der Waals surface area contributed by atoms with Crippen molar-refractivity contribution in [3.63, 3.8) is 0 Å². The molecule has 4 rings (SSSR count). The van der Waals surface area contributed by atoms with E-state index in [0.29, 0.717) is 5.02 Å². The lowest BCUT2D eigenvalue weighted by molar-refractivity contribution is 0.423. The Morgan fingerprint density at radius 1 is 1.00 bits per heavy atom. The monoisotopic (exact) mass is 480 g/mol. The number of thioether (sulfide) groups is 1. The molecule has 0 radical (unpaired) electrons. The van der Waals surface area contributed by atoms with Crippen LogP contribution >= 0.6 is 34.7 Å². The Labute approximate surface area is 189 Å². The molecule has 10 heteroatoms. The fourth-order valence-corrected chi connectivity index (χ4v) is 7.16. The number of rotatable bonds is 7. The molecule has 6 nitrogen and oxygen atoms in total. The summed E-state index contributed by atoms with van der Waals surface area (Å²) in [5.41, 5.74) is 0.955. The molecule has 0 spiro atoms. The Morgan fingerprint density at radius 3 is 2.50 bits per heavy atom. The minimum Gasteiger partial charge on any atom is -0.330 e. The van der Waals surface area contributed by atoms with Crippen LogP contribution in [0.4, 0.5) is 10.8 Å². The van der Waals surface area contributed by atoms with E-state index in [1.54, 1.807) is 23.9 Å². The van der Waals surface area contributed by atoms with E-state index in [1.807, 2.05) is 30.3 Å². The van der Waals surface area contributed by atoms with Crippen LogP contribution in [0.5, 0.6) is 0 Å². The number of halogens is 1. The minimum atomic E-state index is -3.60. The third kappa shape index (κ3) is 5.53. The van der Waals surface area contributed by atoms with Crippen molar-refractivity contribution in [2.24, 2.45) is 0 Å². The standard InChI is InChI=1S/C20H21ClN4O2S3/c21-14-10-12-16(13-11-14)30(26,27)25-17-8-4-5-9-18(17)28-20-24-23-19(29-20)22-15-6-2-1-3-7-15/h1-3,6-7,10-13,17-18,25H,4-5,8-9H2,(H,22,23)/t17-,18-/m1/s1. The van der Waals surface area contributed by atoms with Gasteiger partial charge in [-0.15, -0.1) is 10.2 Å². The number of para-hydroxylation sites is 1. The van der Waals surface area contributed by atoms with Gasteiger partial charge in [-0.2, -0.15) is 0 Å². The van der Waals surface area contributed by atoms with Crippen molar-refractivity contribution >= 4 is 55.5 Å². The molecule has 0 saturated heterocycles. The Kier molecular flexibility index (Phi) is 6.94. The Bertz CT molecular complexity index is 1070. The van der Waals surface area contributed by atoms with Gasteiger partial charge in [0.25, 0.3) is 0 Å². The molecule has 2 N–H and O–H groups in total. The zero-order chi connectivity index (χ0) is 21.0. The predicted molar refractivity (Wildman–Crippen MR) is 123 cm³/mol. The topological polar surface area (TPSA) is 84.0 Å². The van der Waals surface area contributed by atoms with E-state index in [9.17, 15) is 8.42 Å². The van der Waals surface area contributed by atoms with Crippen molar-refractivity contribution < 1.29 is 8.42 Å². The second kappa shape index (κ2) is 9.65. The van der Waals surface area contributed by atoms with Gasteiger partial charge in [0.05, 0.1) is 4.90 Å². The van der Waals surface area contributed by atoms with Crippen LogP contribution in [0, 0.1) is 0 Å². The van der Waals surface area contributed by atoms with Gasteiger partial charge in [-0.1, -0.05) is 65.7 Å². The Hall–Kier alpha value is -1.65. The highest BCUT2D eigenvalue weighted by molar-refractivity contribution is 8.01. The number of sulfonamides is 1. The van der Waals surface area contributed by atoms with Gasteiger partial charge in [0.2, 0.25) is 15.2 Å². The third-order valence-electron chi connectivity index (χ3n) is 4.82. The number of hydrogen-bond acceptors (Lipinski definition) is 7. The van der Waals surface area contributed by atoms with E-state index in [-0.39, 0.29) is 16.2 Å². The van der Waals surface area contributed by atoms with Crippen LogP contribution in [0.15, 0.2) is 63.8 Å². The first-order valence-electron chi connectivity index (χ1n) is 9.60. The number of hydrogen-bond donors (Lipinski definition) is 2. The molecule has 2 aromatic carbocycles. The molecule has 0 aliphatic heterocycles. The van der Waals surface area contributed by atoms with Crippen molar-refractivity contribution in [3.8, 4) is 0 Å². The SMILES string of the molecule is O=S(=O)(N[C@@H]1CCCC[C@H]1Sc1nnc(Nc2ccccc2)s1)c1ccc(Cl)cc1. The summed E-state index contributed by atoms with van der Waals surface area (Å²) in [5.74, 6) is 0. The normalized spacial score (nSPS) is 19.5. The van der Waals surface area contributed by atoms with Crippen LogP contribution in [0.3, 0.4) is 0 Å². The molecule has 1 fully saturated rings. The molecule has 1 heterocycles. The average Bonchev–Trinajstić information content (AvgIpc) is 3.17. The zero-order valence-corrected chi connectivity index (χ0v) is 19.2. The minimum absolute atomic E-state index is 0.110. The molecule has 1 aliphatic rings. The fourth-order valence-electron chi connectivity index (χ4n) is 3.34. The maximum Gasteiger partial charge on any atom is 0.240 e. The molecule has 0 unspecified atom stereocenters. The van der Waals surface area contributed by atoms with Gasteiger partial charge in [-0.3, -0.25) is 0 Å². The van der Waals surface area contributed by atoms with Crippen molar-refractivity contribution in [1.82, 2.24) is 14.9 Å². The Balaban J connectivity index is 1.43. The van der Waals surface area contributed by atoms with Crippen LogP contribution in [0.2, 0.25) is 5.02 Å². The molecule has 3 aromatic rings. The van der Waals surface area contributed by atoms with Gasteiger partial charge in [-0.25, -0.2) is 13.1 Å². The highest BCUT2D eigenvalue weighted by Gasteiger charge is 2.31. The van der Waals surface area contributed by atoms with Gasteiger partial charge in [-0.05, 0) is 49.2 Å². The summed E-state index contributed by atoms with van der Waals surface area (Å²) < 4.78 is 29.4. The van der Waals surface area contributed by atoms with Gasteiger partial charge in [0.1, 0.15) is 0 Å². The van der Waals surface area contributed by atoms with Gasteiger partial charge < -0.3 is 5.32 Å². The highest BCUT2D eigenvalue weighted by Crippen LogP contribution is 2.37. The lowest BCUT2D eigenvalue weighted by Gasteiger charge is -2.30. The van der Waals surface area contributed by atoms with E-state index in [2.05, 4.69) is 20.2 Å². The van der Waals surface area contributed by atoms with E-state index in [1.165, 1.54) is 23.5 Å². The molecular formula is C20H21ClN4O2S3. The van der Waals surface area contributed by atoms with Gasteiger partial charge >= 0.3 is 0 Å². The summed E-state index contributed by atoms with van der Waals surface area (Å²) in [6.07, 6.45) is 3.81. The van der Waals surface area contributed by atoms with E-state index < -0.39 is 10.0 Å². The quantitative estimate of drug-likeness (QED) is 0.476. The summed E-state index contributed by atoms with van der Waals surface area (Å²) >= 11 is 8.96. The molecular weight excluding hydrogens is 460 g/mol. The van der Waals surface area contributed by atoms with Crippen molar-refractivity contribution in [2.75, 3.05) is 5.32 Å². The highest BCUT2D eigenvalue weighted by atomic mass is 35.5. The predicted octanol–water partition coefficient (Wildman–Crippen LogP) is 5.32. The lowest BCUT2D eigenvalue weighted by Crippen LogP contribution is -2.43. The number of benzene rings is 2. The number of nitrogens with zero attached hydrogens (tertiary/aromatic N) is 2. The summed E-state index contributed by atoms with van der Waals surface area (Å²) in [6, 6.07) is 15.9. The summed E-state index contributed by atoms with van der Waals surface area (Å²) in [7, 11) is -3.60. The third-order valence-corrected chi connectivity index (χ3v) is 8.90. The van der Waals surface area contributed by atoms with Crippen molar-refractivity contribution in [2.45, 2.75) is 46.2 Å². The summed E-state index contributed by atoms with van der Waals surface area (Å²) in [4.78, 5) is 0.228. The molecule has 1 aromatic heterocycles. The lowest BCUT2D eigenvalue weighted by atomic mass is 9.96. The number of aromatic nitrogens is 2. The molecule has 30 heavy (non-hydrogen) atoms. The first kappa shape index (κ1) is 21.6. The van der Waals surface area contributed by atoms with E-state index in [0.717, 1.165) is 40.8 Å². The van der Waals surface area contributed by atoms with Crippen LogP contribution < -0.4 is 10.0 Å². The summed E-state index contributed by atoms with van der Waals surface area (Å²) in [5, 5.41) is 13.1. The summed E-state index contributed by atoms with van der Waals surface area (Å²) in [6.45, 7) is 0. The molecule has 0 bridgehead atoms. The smallest absolute Gasteiger partial charge is 0.240 e.